The van der Waals surface area contributed by atoms with Gasteiger partial charge in [0.1, 0.15) is 10.8 Å². The fraction of sp³-hybridized carbons (Fsp3) is 0.562. The van der Waals surface area contributed by atoms with Crippen molar-refractivity contribution < 1.29 is 4.39 Å². The highest BCUT2D eigenvalue weighted by molar-refractivity contribution is 7.80. The minimum atomic E-state index is -0.170. The molecule has 1 aromatic rings. The van der Waals surface area contributed by atoms with Crippen LogP contribution < -0.4 is 5.73 Å². The number of rotatable bonds is 3. The molecule has 0 amide bonds. The first-order valence-electron chi connectivity index (χ1n) is 7.61. The summed E-state index contributed by atoms with van der Waals surface area (Å²) in [4.78, 5) is 5.28. The van der Waals surface area contributed by atoms with Crippen LogP contribution in [-0.4, -0.2) is 46.5 Å². The van der Waals surface area contributed by atoms with E-state index in [-0.39, 0.29) is 5.82 Å². The van der Waals surface area contributed by atoms with E-state index in [2.05, 4.69) is 16.7 Å². The molecule has 0 radical (unpaired) electrons. The zero-order valence-electron chi connectivity index (χ0n) is 12.4. The van der Waals surface area contributed by atoms with Crippen LogP contribution in [0, 0.1) is 5.82 Å². The van der Waals surface area contributed by atoms with Crippen LogP contribution >= 0.6 is 12.2 Å². The normalized spacial score (nSPS) is 26.8. The summed E-state index contributed by atoms with van der Waals surface area (Å²) < 4.78 is 14.1. The Bertz CT molecular complexity index is 548. The average molecular weight is 307 g/mol. The molecule has 0 bridgehead atoms. The maximum atomic E-state index is 14.1. The number of fused-ring (bicyclic) bond motifs is 1. The lowest BCUT2D eigenvalue weighted by molar-refractivity contribution is 0.0533. The Balaban J connectivity index is 1.76. The Hall–Kier alpha value is -1.04. The lowest BCUT2D eigenvalue weighted by Crippen LogP contribution is -2.54. The van der Waals surface area contributed by atoms with E-state index in [9.17, 15) is 4.39 Å². The molecule has 1 aromatic carbocycles. The minimum absolute atomic E-state index is 0.170. The minimum Gasteiger partial charge on any atom is -0.389 e. The van der Waals surface area contributed by atoms with E-state index in [0.717, 1.165) is 18.7 Å². The Kier molecular flexibility index (Phi) is 4.24. The van der Waals surface area contributed by atoms with Crippen molar-refractivity contribution in [1.82, 2.24) is 9.80 Å². The fourth-order valence-electron chi connectivity index (χ4n) is 3.54. The molecule has 0 aliphatic carbocycles. The molecule has 2 aliphatic rings. The first kappa shape index (κ1) is 14.9. The van der Waals surface area contributed by atoms with Gasteiger partial charge in [0.05, 0.1) is 0 Å². The summed E-state index contributed by atoms with van der Waals surface area (Å²) in [5.74, 6) is -0.170. The maximum absolute atomic E-state index is 14.1. The molecule has 2 fully saturated rings. The van der Waals surface area contributed by atoms with Crippen LogP contribution in [0.4, 0.5) is 4.39 Å². The van der Waals surface area contributed by atoms with E-state index in [0.29, 0.717) is 29.2 Å². The second kappa shape index (κ2) is 5.99. The molecule has 3 rings (SSSR count). The third-order valence-electron chi connectivity index (χ3n) is 4.77. The first-order chi connectivity index (χ1) is 10.0. The summed E-state index contributed by atoms with van der Waals surface area (Å²) in [6.45, 7) is 6.19. The number of benzene rings is 1. The maximum Gasteiger partial charge on any atom is 0.127 e. The highest BCUT2D eigenvalue weighted by Gasteiger charge is 2.34. The number of nitrogens with two attached hydrogens (primary N) is 1. The Morgan fingerprint density at radius 1 is 1.43 bits per heavy atom. The predicted octanol–water partition coefficient (Wildman–Crippen LogP) is 2.13. The van der Waals surface area contributed by atoms with Gasteiger partial charge in [0.2, 0.25) is 0 Å². The molecule has 2 atom stereocenters. The number of hydrogen-bond acceptors (Lipinski definition) is 3. The van der Waals surface area contributed by atoms with Crippen molar-refractivity contribution in [2.75, 3.05) is 19.6 Å². The predicted molar refractivity (Wildman–Crippen MR) is 86.8 cm³/mol. The van der Waals surface area contributed by atoms with Crippen LogP contribution in [0.15, 0.2) is 18.2 Å². The van der Waals surface area contributed by atoms with E-state index in [4.69, 9.17) is 18.0 Å². The van der Waals surface area contributed by atoms with E-state index in [1.807, 2.05) is 0 Å². The van der Waals surface area contributed by atoms with Crippen molar-refractivity contribution in [3.05, 3.63) is 35.1 Å². The van der Waals surface area contributed by atoms with Crippen LogP contribution in [0.3, 0.4) is 0 Å². The number of nitrogens with zero attached hydrogens (tertiary/aromatic N) is 2. The number of piperazine rings is 1. The van der Waals surface area contributed by atoms with Gasteiger partial charge >= 0.3 is 0 Å². The van der Waals surface area contributed by atoms with E-state index in [1.54, 1.807) is 12.1 Å². The second-order valence-electron chi connectivity index (χ2n) is 6.24. The topological polar surface area (TPSA) is 32.5 Å². The van der Waals surface area contributed by atoms with Crippen LogP contribution in [0.2, 0.25) is 0 Å². The Morgan fingerprint density at radius 2 is 2.24 bits per heavy atom. The molecule has 114 valence electrons. The largest absolute Gasteiger partial charge is 0.389 e. The summed E-state index contributed by atoms with van der Waals surface area (Å²) in [6, 6.07) is 6.01. The fourth-order valence-corrected chi connectivity index (χ4v) is 3.66. The van der Waals surface area contributed by atoms with E-state index in [1.165, 1.54) is 25.5 Å². The van der Waals surface area contributed by atoms with Gasteiger partial charge in [-0.05, 0) is 44.5 Å². The van der Waals surface area contributed by atoms with Gasteiger partial charge in [-0.25, -0.2) is 4.39 Å². The molecule has 0 spiro atoms. The van der Waals surface area contributed by atoms with Gasteiger partial charge in [-0.3, -0.25) is 9.80 Å². The molecule has 21 heavy (non-hydrogen) atoms. The van der Waals surface area contributed by atoms with Crippen molar-refractivity contribution in [1.29, 1.82) is 0 Å². The van der Waals surface area contributed by atoms with Gasteiger partial charge < -0.3 is 5.73 Å². The van der Waals surface area contributed by atoms with Crippen molar-refractivity contribution in [2.24, 2.45) is 5.73 Å². The third-order valence-corrected chi connectivity index (χ3v) is 5.01. The molecular formula is C16H22FN3S. The van der Waals surface area contributed by atoms with Gasteiger partial charge in [-0.15, -0.1) is 0 Å². The van der Waals surface area contributed by atoms with Crippen molar-refractivity contribution in [2.45, 2.75) is 38.4 Å². The van der Waals surface area contributed by atoms with E-state index >= 15 is 0 Å². The summed E-state index contributed by atoms with van der Waals surface area (Å²) >= 11 is 4.99. The Labute approximate surface area is 130 Å². The van der Waals surface area contributed by atoms with Crippen molar-refractivity contribution in [3.8, 4) is 0 Å². The molecule has 0 saturated carbocycles. The van der Waals surface area contributed by atoms with Gasteiger partial charge in [-0.2, -0.15) is 0 Å². The molecule has 5 heteroatoms. The number of thiocarbonyl (C=S) groups is 1. The van der Waals surface area contributed by atoms with Gasteiger partial charge in [0, 0.05) is 42.8 Å². The highest BCUT2D eigenvalue weighted by atomic mass is 32.1. The van der Waals surface area contributed by atoms with Gasteiger partial charge in [-0.1, -0.05) is 12.2 Å². The van der Waals surface area contributed by atoms with Gasteiger partial charge in [0.15, 0.2) is 0 Å². The zero-order chi connectivity index (χ0) is 15.0. The Morgan fingerprint density at radius 3 is 3.00 bits per heavy atom. The molecular weight excluding hydrogens is 285 g/mol. The molecule has 2 unspecified atom stereocenters. The first-order valence-corrected chi connectivity index (χ1v) is 8.02. The molecule has 3 nitrogen and oxygen atoms in total. The summed E-state index contributed by atoms with van der Waals surface area (Å²) in [5, 5.41) is 0. The second-order valence-corrected chi connectivity index (χ2v) is 6.68. The SMILES string of the molecule is CC1CN2CCCC2CN1Cc1cc(C(N)=S)ccc1F. The summed E-state index contributed by atoms with van der Waals surface area (Å²) in [7, 11) is 0. The van der Waals surface area contributed by atoms with Crippen LogP contribution in [-0.2, 0) is 6.54 Å². The standard InChI is InChI=1S/C16H22FN3S/c1-11-8-19-6-2-3-14(19)10-20(11)9-13-7-12(16(18)21)4-5-15(13)17/h4-5,7,11,14H,2-3,6,8-10H2,1H3,(H2,18,21). The van der Waals surface area contributed by atoms with Crippen LogP contribution in [0.25, 0.3) is 0 Å². The summed E-state index contributed by atoms with van der Waals surface area (Å²) in [5.41, 5.74) is 7.09. The average Bonchev–Trinajstić information content (AvgIpc) is 2.88. The highest BCUT2D eigenvalue weighted by Crippen LogP contribution is 2.26. The molecule has 2 heterocycles. The molecule has 2 saturated heterocycles. The molecule has 0 aromatic heterocycles. The molecule has 2 N–H and O–H groups in total. The quantitative estimate of drug-likeness (QED) is 0.867. The van der Waals surface area contributed by atoms with Gasteiger partial charge in [0.25, 0.3) is 0 Å². The lowest BCUT2D eigenvalue weighted by atomic mass is 10.0. The lowest BCUT2D eigenvalue weighted by Gasteiger charge is -2.42. The van der Waals surface area contributed by atoms with Crippen molar-refractivity contribution in [3.63, 3.8) is 0 Å². The van der Waals surface area contributed by atoms with E-state index < -0.39 is 0 Å². The summed E-state index contributed by atoms with van der Waals surface area (Å²) in [6.07, 6.45) is 2.55. The van der Waals surface area contributed by atoms with Crippen LogP contribution in [0.1, 0.15) is 30.9 Å². The number of hydrogen-bond donors (Lipinski definition) is 1. The third kappa shape index (κ3) is 3.10. The smallest absolute Gasteiger partial charge is 0.127 e. The monoisotopic (exact) mass is 307 g/mol. The van der Waals surface area contributed by atoms with Crippen LogP contribution in [0.5, 0.6) is 0 Å². The zero-order valence-corrected chi connectivity index (χ0v) is 13.2. The molecule has 2 aliphatic heterocycles. The van der Waals surface area contributed by atoms with Crippen molar-refractivity contribution >= 4 is 17.2 Å². The number of halogens is 1.